The molecule has 0 atom stereocenters. The summed E-state index contributed by atoms with van der Waals surface area (Å²) in [5.74, 6) is -1.00. The van der Waals surface area contributed by atoms with E-state index in [1.54, 1.807) is 13.8 Å². The molecule has 0 radical (unpaired) electrons. The number of hydrogen-bond donors (Lipinski definition) is 0. The van der Waals surface area contributed by atoms with Gasteiger partial charge in [0.1, 0.15) is 5.60 Å². The van der Waals surface area contributed by atoms with Crippen LogP contribution in [0.2, 0.25) is 0 Å². The molecule has 1 aliphatic rings. The van der Waals surface area contributed by atoms with Gasteiger partial charge in [-0.15, -0.1) is 0 Å². The van der Waals surface area contributed by atoms with Gasteiger partial charge in [-0.05, 0) is 32.1 Å². The summed E-state index contributed by atoms with van der Waals surface area (Å²) in [6.07, 6.45) is 4.89. The highest BCUT2D eigenvalue weighted by Crippen LogP contribution is 2.35. The Hall–Kier alpha value is -1.06. The van der Waals surface area contributed by atoms with Crippen LogP contribution in [0.25, 0.3) is 0 Å². The van der Waals surface area contributed by atoms with E-state index in [0.717, 1.165) is 32.1 Å². The minimum atomic E-state index is -0.428. The van der Waals surface area contributed by atoms with Gasteiger partial charge in [0.2, 0.25) is 0 Å². The van der Waals surface area contributed by atoms with E-state index in [1.165, 1.54) is 0 Å². The summed E-state index contributed by atoms with van der Waals surface area (Å²) in [4.78, 5) is 22.8. The standard InChI is InChI=1S/C13H22O4/c1-4-13(7-5-6-8-13)17-11(14)9-16-12(15)10(2)3/h10H,4-9H2,1-3H3. The van der Waals surface area contributed by atoms with E-state index in [0.29, 0.717) is 0 Å². The van der Waals surface area contributed by atoms with E-state index in [9.17, 15) is 9.59 Å². The molecule has 4 heteroatoms. The summed E-state index contributed by atoms with van der Waals surface area (Å²) < 4.78 is 10.3. The van der Waals surface area contributed by atoms with Crippen molar-refractivity contribution in [3.05, 3.63) is 0 Å². The van der Waals surface area contributed by atoms with Gasteiger partial charge in [-0.25, -0.2) is 4.79 Å². The molecule has 4 nitrogen and oxygen atoms in total. The van der Waals surface area contributed by atoms with E-state index < -0.39 is 5.97 Å². The van der Waals surface area contributed by atoms with Gasteiger partial charge in [0, 0.05) is 0 Å². The predicted octanol–water partition coefficient (Wildman–Crippen LogP) is 2.45. The van der Waals surface area contributed by atoms with Crippen LogP contribution >= 0.6 is 0 Å². The second-order valence-corrected chi connectivity index (χ2v) is 4.98. The lowest BCUT2D eigenvalue weighted by molar-refractivity contribution is -0.171. The second-order valence-electron chi connectivity index (χ2n) is 4.98. The van der Waals surface area contributed by atoms with Crippen LogP contribution in [0.15, 0.2) is 0 Å². The second kappa shape index (κ2) is 6.03. The molecule has 0 aromatic rings. The molecule has 17 heavy (non-hydrogen) atoms. The van der Waals surface area contributed by atoms with Crippen molar-refractivity contribution in [3.63, 3.8) is 0 Å². The summed E-state index contributed by atoms with van der Waals surface area (Å²) in [6.45, 7) is 5.23. The first-order chi connectivity index (χ1) is 7.99. The fourth-order valence-electron chi connectivity index (χ4n) is 2.11. The Morgan fingerprint density at radius 1 is 1.24 bits per heavy atom. The van der Waals surface area contributed by atoms with Crippen LogP contribution < -0.4 is 0 Å². The topological polar surface area (TPSA) is 52.6 Å². The summed E-state index contributed by atoms with van der Waals surface area (Å²) in [7, 11) is 0. The minimum Gasteiger partial charge on any atom is -0.457 e. The minimum absolute atomic E-state index is 0.214. The molecule has 0 aromatic heterocycles. The van der Waals surface area contributed by atoms with E-state index in [2.05, 4.69) is 0 Å². The lowest BCUT2D eigenvalue weighted by atomic mass is 9.99. The van der Waals surface area contributed by atoms with Crippen LogP contribution in [0.5, 0.6) is 0 Å². The van der Waals surface area contributed by atoms with Gasteiger partial charge in [-0.1, -0.05) is 20.8 Å². The fourth-order valence-corrected chi connectivity index (χ4v) is 2.11. The first kappa shape index (κ1) is 14.0. The molecule has 1 aliphatic carbocycles. The smallest absolute Gasteiger partial charge is 0.344 e. The lowest BCUT2D eigenvalue weighted by Crippen LogP contribution is -2.33. The van der Waals surface area contributed by atoms with Crippen molar-refractivity contribution in [2.24, 2.45) is 5.92 Å². The third-order valence-corrected chi connectivity index (χ3v) is 3.29. The van der Waals surface area contributed by atoms with Crippen molar-refractivity contribution in [1.82, 2.24) is 0 Å². The van der Waals surface area contributed by atoms with Crippen LogP contribution in [0, 0.1) is 5.92 Å². The van der Waals surface area contributed by atoms with Gasteiger partial charge >= 0.3 is 11.9 Å². The highest BCUT2D eigenvalue weighted by molar-refractivity contribution is 5.77. The molecule has 0 saturated heterocycles. The lowest BCUT2D eigenvalue weighted by Gasteiger charge is -2.27. The first-order valence-electron chi connectivity index (χ1n) is 6.37. The van der Waals surface area contributed by atoms with Crippen LogP contribution in [-0.2, 0) is 19.1 Å². The quantitative estimate of drug-likeness (QED) is 0.695. The number of hydrogen-bond acceptors (Lipinski definition) is 4. The molecule has 0 amide bonds. The average molecular weight is 242 g/mol. The van der Waals surface area contributed by atoms with Crippen LogP contribution in [0.3, 0.4) is 0 Å². The maximum atomic E-state index is 11.6. The molecule has 0 aromatic carbocycles. The van der Waals surface area contributed by atoms with Crippen molar-refractivity contribution < 1.29 is 19.1 Å². The van der Waals surface area contributed by atoms with Crippen LogP contribution in [0.1, 0.15) is 52.9 Å². The molecule has 0 bridgehead atoms. The van der Waals surface area contributed by atoms with E-state index in [-0.39, 0.29) is 24.1 Å². The van der Waals surface area contributed by atoms with Crippen molar-refractivity contribution in [2.75, 3.05) is 6.61 Å². The average Bonchev–Trinajstić information content (AvgIpc) is 2.75. The maximum absolute atomic E-state index is 11.6. The van der Waals surface area contributed by atoms with Crippen LogP contribution in [-0.4, -0.2) is 24.1 Å². The molecule has 98 valence electrons. The number of ether oxygens (including phenoxy) is 2. The Kier molecular flexibility index (Phi) is 4.97. The normalized spacial score (nSPS) is 18.1. The van der Waals surface area contributed by atoms with E-state index >= 15 is 0 Å². The van der Waals surface area contributed by atoms with Gasteiger partial charge < -0.3 is 9.47 Å². The third kappa shape index (κ3) is 4.02. The monoisotopic (exact) mass is 242 g/mol. The van der Waals surface area contributed by atoms with Gasteiger partial charge in [0.15, 0.2) is 6.61 Å². The zero-order chi connectivity index (χ0) is 12.9. The molecular formula is C13H22O4. The molecule has 0 aliphatic heterocycles. The van der Waals surface area contributed by atoms with Gasteiger partial charge in [-0.2, -0.15) is 0 Å². The van der Waals surface area contributed by atoms with Crippen molar-refractivity contribution in [1.29, 1.82) is 0 Å². The Balaban J connectivity index is 2.36. The largest absolute Gasteiger partial charge is 0.457 e. The SMILES string of the molecule is CCC1(OC(=O)COC(=O)C(C)C)CCCC1. The fraction of sp³-hybridized carbons (Fsp3) is 0.846. The molecule has 1 fully saturated rings. The van der Waals surface area contributed by atoms with Gasteiger partial charge in [0.25, 0.3) is 0 Å². The van der Waals surface area contributed by atoms with Crippen molar-refractivity contribution in [2.45, 2.75) is 58.5 Å². The molecule has 0 unspecified atom stereocenters. The van der Waals surface area contributed by atoms with E-state index in [4.69, 9.17) is 9.47 Å². The first-order valence-corrected chi connectivity index (χ1v) is 6.37. The summed E-state index contributed by atoms with van der Waals surface area (Å²) >= 11 is 0. The number of rotatable bonds is 5. The number of carbonyl (C=O) groups excluding carboxylic acids is 2. The summed E-state index contributed by atoms with van der Waals surface area (Å²) in [5, 5.41) is 0. The Bertz CT molecular complexity index is 277. The highest BCUT2D eigenvalue weighted by Gasteiger charge is 2.35. The highest BCUT2D eigenvalue weighted by atomic mass is 16.6. The Morgan fingerprint density at radius 3 is 2.29 bits per heavy atom. The van der Waals surface area contributed by atoms with Gasteiger partial charge in [-0.3, -0.25) is 4.79 Å². The van der Waals surface area contributed by atoms with Crippen molar-refractivity contribution >= 4 is 11.9 Å². The number of carbonyl (C=O) groups is 2. The molecule has 0 spiro atoms. The summed E-state index contributed by atoms with van der Waals surface area (Å²) in [5.41, 5.74) is -0.304. The Morgan fingerprint density at radius 2 is 1.82 bits per heavy atom. The maximum Gasteiger partial charge on any atom is 0.344 e. The molecule has 0 heterocycles. The van der Waals surface area contributed by atoms with Gasteiger partial charge in [0.05, 0.1) is 5.92 Å². The molecular weight excluding hydrogens is 220 g/mol. The van der Waals surface area contributed by atoms with Crippen molar-refractivity contribution in [3.8, 4) is 0 Å². The predicted molar refractivity (Wildman–Crippen MR) is 63.4 cm³/mol. The zero-order valence-electron chi connectivity index (χ0n) is 11.0. The van der Waals surface area contributed by atoms with E-state index in [1.807, 2.05) is 6.92 Å². The Labute approximate surface area is 103 Å². The number of esters is 2. The zero-order valence-corrected chi connectivity index (χ0v) is 11.0. The van der Waals surface area contributed by atoms with Crippen LogP contribution in [0.4, 0.5) is 0 Å². The molecule has 0 N–H and O–H groups in total. The molecule has 1 rings (SSSR count). The third-order valence-electron chi connectivity index (χ3n) is 3.29. The molecule has 1 saturated carbocycles. The summed E-state index contributed by atoms with van der Waals surface area (Å²) in [6, 6.07) is 0.